The fourth-order valence-electron chi connectivity index (χ4n) is 2.59. The second kappa shape index (κ2) is 5.43. The third-order valence-corrected chi connectivity index (χ3v) is 4.80. The number of nitrogens with one attached hydrogen (secondary N) is 1. The van der Waals surface area contributed by atoms with E-state index in [0.717, 1.165) is 19.5 Å². The van der Waals surface area contributed by atoms with Crippen LogP contribution in [0.25, 0.3) is 0 Å². The Labute approximate surface area is 117 Å². The van der Waals surface area contributed by atoms with Gasteiger partial charge in [0.15, 0.2) is 0 Å². The van der Waals surface area contributed by atoms with Crippen molar-refractivity contribution in [2.45, 2.75) is 45.7 Å². The van der Waals surface area contributed by atoms with Gasteiger partial charge in [-0.05, 0) is 32.7 Å². The van der Waals surface area contributed by atoms with Crippen molar-refractivity contribution in [3.63, 3.8) is 0 Å². The number of rotatable bonds is 5. The summed E-state index contributed by atoms with van der Waals surface area (Å²) in [5, 5.41) is 9.11. The topological polar surface area (TPSA) is 42.7 Å². The summed E-state index contributed by atoms with van der Waals surface area (Å²) >= 11 is 1.87. The minimum absolute atomic E-state index is 0.195. The van der Waals surface area contributed by atoms with E-state index >= 15 is 0 Å². The molecule has 102 valence electrons. The van der Waals surface area contributed by atoms with Crippen molar-refractivity contribution in [1.29, 1.82) is 0 Å². The summed E-state index contributed by atoms with van der Waals surface area (Å²) in [5.74, 6) is 0. The molecular formula is C14H20N4S. The standard InChI is InChI=1S/C14H20N4S/c1-3-15-13(10-8-16-18(4-2)9-10)14-17-11-6-5-7-12(11)19-14/h8-9,13,15H,3-7H2,1-2H3. The van der Waals surface area contributed by atoms with Crippen LogP contribution >= 0.6 is 11.3 Å². The monoisotopic (exact) mass is 276 g/mol. The zero-order chi connectivity index (χ0) is 13.2. The van der Waals surface area contributed by atoms with Crippen molar-refractivity contribution < 1.29 is 0 Å². The maximum Gasteiger partial charge on any atom is 0.115 e. The van der Waals surface area contributed by atoms with Crippen LogP contribution in [0.1, 0.15) is 47.5 Å². The largest absolute Gasteiger partial charge is 0.304 e. The van der Waals surface area contributed by atoms with Crippen LogP contribution in [0.3, 0.4) is 0 Å². The molecule has 0 radical (unpaired) electrons. The molecule has 0 amide bonds. The van der Waals surface area contributed by atoms with E-state index in [1.165, 1.54) is 34.0 Å². The summed E-state index contributed by atoms with van der Waals surface area (Å²) in [5.41, 5.74) is 2.54. The van der Waals surface area contributed by atoms with E-state index in [1.54, 1.807) is 0 Å². The van der Waals surface area contributed by atoms with E-state index in [-0.39, 0.29) is 6.04 Å². The first kappa shape index (κ1) is 12.8. The van der Waals surface area contributed by atoms with Crippen LogP contribution < -0.4 is 5.32 Å². The fourth-order valence-corrected chi connectivity index (χ4v) is 3.84. The number of aryl methyl sites for hydroxylation is 3. The first-order valence-corrected chi connectivity index (χ1v) is 7.87. The average Bonchev–Trinajstić information content (AvgIpc) is 3.10. The lowest BCUT2D eigenvalue weighted by Gasteiger charge is -2.13. The molecule has 0 saturated heterocycles. The molecule has 0 bridgehead atoms. The number of fused-ring (bicyclic) bond motifs is 1. The van der Waals surface area contributed by atoms with E-state index in [0.29, 0.717) is 0 Å². The van der Waals surface area contributed by atoms with Crippen LogP contribution in [0, 0.1) is 0 Å². The predicted molar refractivity (Wildman–Crippen MR) is 77.6 cm³/mol. The molecule has 1 unspecified atom stereocenters. The molecule has 19 heavy (non-hydrogen) atoms. The van der Waals surface area contributed by atoms with Crippen molar-refractivity contribution in [2.75, 3.05) is 6.54 Å². The van der Waals surface area contributed by atoms with Crippen molar-refractivity contribution in [3.05, 3.63) is 33.5 Å². The Balaban J connectivity index is 1.90. The molecule has 1 aliphatic carbocycles. The van der Waals surface area contributed by atoms with Crippen LogP contribution in [0.4, 0.5) is 0 Å². The lowest BCUT2D eigenvalue weighted by atomic mass is 10.1. The van der Waals surface area contributed by atoms with Gasteiger partial charge in [-0.3, -0.25) is 4.68 Å². The maximum absolute atomic E-state index is 4.84. The molecule has 2 aromatic rings. The SMILES string of the molecule is CCNC(c1cnn(CC)c1)c1nc2c(s1)CCC2. The van der Waals surface area contributed by atoms with E-state index in [1.807, 2.05) is 22.2 Å². The van der Waals surface area contributed by atoms with Gasteiger partial charge in [-0.15, -0.1) is 11.3 Å². The molecule has 1 atom stereocenters. The fraction of sp³-hybridized carbons (Fsp3) is 0.571. The Bertz CT molecular complexity index is 536. The van der Waals surface area contributed by atoms with Crippen molar-refractivity contribution in [2.24, 2.45) is 0 Å². The lowest BCUT2D eigenvalue weighted by molar-refractivity contribution is 0.620. The average molecular weight is 276 g/mol. The van der Waals surface area contributed by atoms with Gasteiger partial charge in [-0.1, -0.05) is 6.92 Å². The van der Waals surface area contributed by atoms with Gasteiger partial charge >= 0.3 is 0 Å². The van der Waals surface area contributed by atoms with E-state index in [2.05, 4.69) is 30.5 Å². The maximum atomic E-state index is 4.84. The second-order valence-corrected chi connectivity index (χ2v) is 6.01. The highest BCUT2D eigenvalue weighted by Crippen LogP contribution is 2.33. The second-order valence-electron chi connectivity index (χ2n) is 4.90. The normalized spacial score (nSPS) is 15.7. The molecule has 0 aromatic carbocycles. The molecule has 1 aliphatic rings. The molecular weight excluding hydrogens is 256 g/mol. The van der Waals surface area contributed by atoms with Gasteiger partial charge in [-0.2, -0.15) is 5.10 Å². The number of thiazole rings is 1. The highest BCUT2D eigenvalue weighted by atomic mass is 32.1. The lowest BCUT2D eigenvalue weighted by Crippen LogP contribution is -2.21. The third kappa shape index (κ3) is 2.44. The quantitative estimate of drug-likeness (QED) is 0.912. The molecule has 2 heterocycles. The number of aromatic nitrogens is 3. The minimum atomic E-state index is 0.195. The molecule has 0 fully saturated rings. The third-order valence-electron chi connectivity index (χ3n) is 3.58. The van der Waals surface area contributed by atoms with E-state index < -0.39 is 0 Å². The first-order valence-electron chi connectivity index (χ1n) is 7.06. The van der Waals surface area contributed by atoms with Gasteiger partial charge in [0.2, 0.25) is 0 Å². The van der Waals surface area contributed by atoms with Gasteiger partial charge in [0, 0.05) is 23.2 Å². The highest BCUT2D eigenvalue weighted by molar-refractivity contribution is 7.11. The van der Waals surface area contributed by atoms with E-state index in [4.69, 9.17) is 4.98 Å². The molecule has 0 saturated carbocycles. The van der Waals surface area contributed by atoms with Gasteiger partial charge < -0.3 is 5.32 Å². The Morgan fingerprint density at radius 3 is 3.00 bits per heavy atom. The van der Waals surface area contributed by atoms with Crippen LogP contribution in [0.5, 0.6) is 0 Å². The zero-order valence-corrected chi connectivity index (χ0v) is 12.3. The Morgan fingerprint density at radius 1 is 1.42 bits per heavy atom. The zero-order valence-electron chi connectivity index (χ0n) is 11.5. The number of nitrogens with zero attached hydrogens (tertiary/aromatic N) is 3. The Hall–Kier alpha value is -1.20. The van der Waals surface area contributed by atoms with E-state index in [9.17, 15) is 0 Å². The minimum Gasteiger partial charge on any atom is -0.304 e. The molecule has 2 aromatic heterocycles. The molecule has 0 spiro atoms. The van der Waals surface area contributed by atoms with Crippen molar-refractivity contribution >= 4 is 11.3 Å². The van der Waals surface area contributed by atoms with Crippen molar-refractivity contribution in [3.8, 4) is 0 Å². The van der Waals surface area contributed by atoms with Gasteiger partial charge in [0.1, 0.15) is 5.01 Å². The number of hydrogen-bond acceptors (Lipinski definition) is 4. The summed E-state index contributed by atoms with van der Waals surface area (Å²) in [7, 11) is 0. The van der Waals surface area contributed by atoms with Gasteiger partial charge in [0.05, 0.1) is 17.9 Å². The van der Waals surface area contributed by atoms with Crippen molar-refractivity contribution in [1.82, 2.24) is 20.1 Å². The van der Waals surface area contributed by atoms with Gasteiger partial charge in [0.25, 0.3) is 0 Å². The summed E-state index contributed by atoms with van der Waals surface area (Å²) < 4.78 is 1.97. The summed E-state index contributed by atoms with van der Waals surface area (Å²) in [6, 6.07) is 0.195. The smallest absolute Gasteiger partial charge is 0.115 e. The summed E-state index contributed by atoms with van der Waals surface area (Å²) in [4.78, 5) is 6.33. The molecule has 3 rings (SSSR count). The van der Waals surface area contributed by atoms with Crippen LogP contribution in [0.2, 0.25) is 0 Å². The number of hydrogen-bond donors (Lipinski definition) is 1. The van der Waals surface area contributed by atoms with Crippen LogP contribution in [0.15, 0.2) is 12.4 Å². The molecule has 1 N–H and O–H groups in total. The summed E-state index contributed by atoms with van der Waals surface area (Å²) in [6.07, 6.45) is 7.72. The summed E-state index contributed by atoms with van der Waals surface area (Å²) in [6.45, 7) is 6.09. The first-order chi connectivity index (χ1) is 9.31. The molecule has 0 aliphatic heterocycles. The molecule has 5 heteroatoms. The van der Waals surface area contributed by atoms with Gasteiger partial charge in [-0.25, -0.2) is 4.98 Å². The highest BCUT2D eigenvalue weighted by Gasteiger charge is 2.23. The Kier molecular flexibility index (Phi) is 3.66. The Morgan fingerprint density at radius 2 is 2.32 bits per heavy atom. The van der Waals surface area contributed by atoms with Crippen LogP contribution in [-0.4, -0.2) is 21.3 Å². The van der Waals surface area contributed by atoms with Crippen LogP contribution in [-0.2, 0) is 19.4 Å². The predicted octanol–water partition coefficient (Wildman–Crippen LogP) is 2.55. The molecule has 4 nitrogen and oxygen atoms in total.